The lowest BCUT2D eigenvalue weighted by molar-refractivity contribution is -0.175. The quantitative estimate of drug-likeness (QED) is 0.831. The van der Waals surface area contributed by atoms with E-state index < -0.39 is 5.60 Å². The SMILES string of the molecule is CC(CC(=O)N1C2CC3CC1CC(O)(C3)C2)C1Nc2cc(Cl)ccc2N1C. The fourth-order valence-electron chi connectivity index (χ4n) is 6.35. The van der Waals surface area contributed by atoms with Gasteiger partial charge in [-0.05, 0) is 56.2 Å². The number of nitrogens with one attached hydrogen (secondary N) is 1. The minimum atomic E-state index is -0.507. The third kappa shape index (κ3) is 2.82. The van der Waals surface area contributed by atoms with Crippen LogP contribution < -0.4 is 10.2 Å². The lowest BCUT2D eigenvalue weighted by Gasteiger charge is -2.59. The van der Waals surface area contributed by atoms with Crippen molar-refractivity contribution in [2.45, 2.75) is 69.3 Å². The highest BCUT2D eigenvalue weighted by Crippen LogP contribution is 2.51. The maximum Gasteiger partial charge on any atom is 0.223 e. The molecule has 5 aliphatic rings. The van der Waals surface area contributed by atoms with Crippen molar-refractivity contribution in [2.24, 2.45) is 11.8 Å². The van der Waals surface area contributed by atoms with E-state index in [1.54, 1.807) is 0 Å². The summed E-state index contributed by atoms with van der Waals surface area (Å²) < 4.78 is 0. The third-order valence-electron chi connectivity index (χ3n) is 7.28. The second-order valence-electron chi connectivity index (χ2n) is 9.33. The number of carbonyl (C=O) groups excluding carboxylic acids is 1. The van der Waals surface area contributed by atoms with Crippen molar-refractivity contribution in [3.8, 4) is 0 Å². The molecule has 27 heavy (non-hydrogen) atoms. The highest BCUT2D eigenvalue weighted by Gasteiger charge is 2.55. The predicted molar refractivity (Wildman–Crippen MR) is 107 cm³/mol. The van der Waals surface area contributed by atoms with Gasteiger partial charge in [0.15, 0.2) is 0 Å². The summed E-state index contributed by atoms with van der Waals surface area (Å²) in [6.45, 7) is 2.14. The summed E-state index contributed by atoms with van der Waals surface area (Å²) in [5, 5.41) is 15.0. The highest BCUT2D eigenvalue weighted by atomic mass is 35.5. The average Bonchev–Trinajstić information content (AvgIpc) is 2.89. The van der Waals surface area contributed by atoms with Crippen LogP contribution in [0.25, 0.3) is 0 Å². The van der Waals surface area contributed by atoms with Gasteiger partial charge in [-0.1, -0.05) is 18.5 Å². The normalized spacial score (nSPS) is 37.3. The lowest BCUT2D eigenvalue weighted by Crippen LogP contribution is -2.66. The Balaban J connectivity index is 1.28. The number of halogens is 1. The standard InChI is InChI=1S/C21H28ClN3O2/c1-12(20-23-17-8-14(22)3-4-18(17)24(20)2)5-19(26)25-15-6-13-7-16(25)11-21(27,9-13)10-15/h3-4,8,12-13,15-16,20,23,27H,5-7,9-11H2,1-2H3. The fourth-order valence-corrected chi connectivity index (χ4v) is 6.52. The first-order valence-electron chi connectivity index (χ1n) is 10.2. The Morgan fingerprint density at radius 1 is 1.33 bits per heavy atom. The number of nitrogens with zero attached hydrogens (tertiary/aromatic N) is 2. The van der Waals surface area contributed by atoms with Gasteiger partial charge < -0.3 is 20.2 Å². The van der Waals surface area contributed by atoms with E-state index in [1.165, 1.54) is 0 Å². The van der Waals surface area contributed by atoms with Gasteiger partial charge in [0.05, 0.1) is 17.0 Å². The molecule has 146 valence electrons. The van der Waals surface area contributed by atoms with E-state index in [4.69, 9.17) is 11.6 Å². The Morgan fingerprint density at radius 2 is 2.04 bits per heavy atom. The van der Waals surface area contributed by atoms with Crippen molar-refractivity contribution >= 4 is 28.9 Å². The Bertz CT molecular complexity index is 769. The number of fused-ring (bicyclic) bond motifs is 1. The summed E-state index contributed by atoms with van der Waals surface area (Å²) in [5.41, 5.74) is 1.65. The molecule has 3 aliphatic heterocycles. The van der Waals surface area contributed by atoms with Crippen molar-refractivity contribution in [2.75, 3.05) is 17.3 Å². The zero-order valence-corrected chi connectivity index (χ0v) is 16.7. The number of hydrogen-bond acceptors (Lipinski definition) is 4. The molecule has 2 aliphatic carbocycles. The average molecular weight is 390 g/mol. The molecule has 3 heterocycles. The van der Waals surface area contributed by atoms with Crippen LogP contribution in [0.1, 0.15) is 45.4 Å². The Hall–Kier alpha value is -1.46. The molecule has 0 aromatic heterocycles. The molecule has 2 saturated heterocycles. The van der Waals surface area contributed by atoms with E-state index in [0.29, 0.717) is 12.3 Å². The predicted octanol–water partition coefficient (Wildman–Crippen LogP) is 3.46. The molecule has 5 nitrogen and oxygen atoms in total. The number of amides is 1. The molecular formula is C21H28ClN3O2. The molecule has 4 bridgehead atoms. The third-order valence-corrected chi connectivity index (χ3v) is 7.52. The van der Waals surface area contributed by atoms with Crippen LogP contribution in [0.15, 0.2) is 18.2 Å². The summed E-state index contributed by atoms with van der Waals surface area (Å²) in [4.78, 5) is 17.6. The minimum absolute atomic E-state index is 0.0876. The van der Waals surface area contributed by atoms with Gasteiger partial charge in [0.25, 0.3) is 0 Å². The summed E-state index contributed by atoms with van der Waals surface area (Å²) in [6.07, 6.45) is 5.24. The maximum atomic E-state index is 13.2. The van der Waals surface area contributed by atoms with E-state index in [1.807, 2.05) is 18.2 Å². The Morgan fingerprint density at radius 3 is 2.70 bits per heavy atom. The first-order valence-corrected chi connectivity index (χ1v) is 10.5. The molecule has 0 spiro atoms. The second-order valence-corrected chi connectivity index (χ2v) is 9.76. The number of hydrogen-bond donors (Lipinski definition) is 2. The molecule has 4 unspecified atom stereocenters. The lowest BCUT2D eigenvalue weighted by atomic mass is 9.61. The number of aliphatic hydroxyl groups is 1. The molecule has 6 heteroatoms. The summed E-state index contributed by atoms with van der Waals surface area (Å²) in [6, 6.07) is 6.37. The minimum Gasteiger partial charge on any atom is -0.390 e. The van der Waals surface area contributed by atoms with Crippen LogP contribution in [0.4, 0.5) is 11.4 Å². The van der Waals surface area contributed by atoms with Crippen LogP contribution in [-0.2, 0) is 4.79 Å². The van der Waals surface area contributed by atoms with Gasteiger partial charge in [-0.3, -0.25) is 4.79 Å². The molecule has 2 saturated carbocycles. The summed E-state index contributed by atoms with van der Waals surface area (Å²) >= 11 is 6.13. The maximum absolute atomic E-state index is 13.2. The van der Waals surface area contributed by atoms with Crippen molar-refractivity contribution in [1.29, 1.82) is 0 Å². The first-order chi connectivity index (χ1) is 12.8. The van der Waals surface area contributed by atoms with Gasteiger partial charge in [-0.15, -0.1) is 0 Å². The topological polar surface area (TPSA) is 55.8 Å². The molecule has 1 aromatic carbocycles. The zero-order valence-electron chi connectivity index (χ0n) is 16.0. The van der Waals surface area contributed by atoms with Crippen LogP contribution in [0.5, 0.6) is 0 Å². The van der Waals surface area contributed by atoms with Crippen LogP contribution >= 0.6 is 11.6 Å². The monoisotopic (exact) mass is 389 g/mol. The number of anilines is 2. The number of piperidine rings is 2. The Kier molecular flexibility index (Phi) is 3.93. The van der Waals surface area contributed by atoms with Crippen molar-refractivity contribution in [1.82, 2.24) is 4.90 Å². The first kappa shape index (κ1) is 17.6. The van der Waals surface area contributed by atoms with E-state index in [-0.39, 0.29) is 30.1 Å². The molecule has 6 rings (SSSR count). The van der Waals surface area contributed by atoms with E-state index in [0.717, 1.165) is 48.5 Å². The van der Waals surface area contributed by atoms with E-state index in [2.05, 4.69) is 29.1 Å². The van der Waals surface area contributed by atoms with Gasteiger partial charge in [0.2, 0.25) is 5.91 Å². The number of rotatable bonds is 3. The zero-order chi connectivity index (χ0) is 18.9. The van der Waals surface area contributed by atoms with Gasteiger partial charge >= 0.3 is 0 Å². The van der Waals surface area contributed by atoms with Crippen molar-refractivity contribution in [3.05, 3.63) is 23.2 Å². The van der Waals surface area contributed by atoms with E-state index in [9.17, 15) is 9.90 Å². The van der Waals surface area contributed by atoms with Crippen LogP contribution in [0.3, 0.4) is 0 Å². The smallest absolute Gasteiger partial charge is 0.223 e. The van der Waals surface area contributed by atoms with Crippen molar-refractivity contribution < 1.29 is 9.90 Å². The highest BCUT2D eigenvalue weighted by molar-refractivity contribution is 6.31. The molecule has 4 fully saturated rings. The Labute approximate surface area is 165 Å². The van der Waals surface area contributed by atoms with Crippen LogP contribution in [-0.4, -0.2) is 46.8 Å². The van der Waals surface area contributed by atoms with Gasteiger partial charge in [0.1, 0.15) is 6.17 Å². The number of carbonyl (C=O) groups is 1. The van der Waals surface area contributed by atoms with Gasteiger partial charge in [0, 0.05) is 36.5 Å². The molecule has 0 radical (unpaired) electrons. The fraction of sp³-hybridized carbons (Fsp3) is 0.667. The summed E-state index contributed by atoms with van der Waals surface area (Å²) in [5.74, 6) is 1.04. The molecular weight excluding hydrogens is 362 g/mol. The molecule has 2 N–H and O–H groups in total. The van der Waals surface area contributed by atoms with Crippen molar-refractivity contribution in [3.63, 3.8) is 0 Å². The molecule has 4 atom stereocenters. The van der Waals surface area contributed by atoms with Crippen LogP contribution in [0.2, 0.25) is 5.02 Å². The summed E-state index contributed by atoms with van der Waals surface area (Å²) in [7, 11) is 2.07. The second kappa shape index (κ2) is 6.02. The van der Waals surface area contributed by atoms with E-state index >= 15 is 0 Å². The molecule has 1 amide bonds. The van der Waals surface area contributed by atoms with Gasteiger partial charge in [-0.25, -0.2) is 0 Å². The molecule has 1 aromatic rings. The largest absolute Gasteiger partial charge is 0.390 e. The number of benzene rings is 1. The van der Waals surface area contributed by atoms with Gasteiger partial charge in [-0.2, -0.15) is 0 Å². The van der Waals surface area contributed by atoms with Crippen LogP contribution in [0, 0.1) is 11.8 Å².